The molecule has 0 saturated carbocycles. The Kier molecular flexibility index (Phi) is 19.7. The first-order valence-corrected chi connectivity index (χ1v) is 20.4. The summed E-state index contributed by atoms with van der Waals surface area (Å²) in [5, 5.41) is 1.63. The molecule has 4 aliphatic heterocycles. The van der Waals surface area contributed by atoms with Crippen LogP contribution in [0.1, 0.15) is 180 Å². The average molecular weight is 623 g/mol. The van der Waals surface area contributed by atoms with Crippen LogP contribution in [-0.4, -0.2) is 61.3 Å². The molecule has 0 aliphatic carbocycles. The van der Waals surface area contributed by atoms with Gasteiger partial charge in [0.2, 0.25) is 0 Å². The second-order valence-corrected chi connectivity index (χ2v) is 16.1. The molecule has 4 nitrogen and oxygen atoms in total. The molecule has 6 unspecified atom stereocenters. The zero-order valence-corrected chi connectivity index (χ0v) is 28.9. The molecule has 4 saturated heterocycles. The molecule has 0 aromatic rings. The Morgan fingerprint density at radius 1 is 0.372 bits per heavy atom. The molecule has 0 spiro atoms. The number of rotatable bonds is 26. The predicted octanol–water partition coefficient (Wildman–Crippen LogP) is 11.0. The molecule has 252 valence electrons. The lowest BCUT2D eigenvalue weighted by Crippen LogP contribution is -2.17. The predicted molar refractivity (Wildman–Crippen MR) is 183 cm³/mol. The summed E-state index contributed by atoms with van der Waals surface area (Å²) in [6, 6.07) is 0. The molecular formula is C38H70O4S. The van der Waals surface area contributed by atoms with Gasteiger partial charge in [-0.15, -0.1) is 0 Å². The third-order valence-electron chi connectivity index (χ3n) is 10.7. The van der Waals surface area contributed by atoms with Crippen LogP contribution in [0, 0.1) is 0 Å². The highest BCUT2D eigenvalue weighted by Gasteiger charge is 2.23. The van der Waals surface area contributed by atoms with E-state index in [-0.39, 0.29) is 0 Å². The Bertz CT molecular complexity index is 584. The van der Waals surface area contributed by atoms with Gasteiger partial charge < -0.3 is 18.9 Å². The molecule has 0 N–H and O–H groups in total. The zero-order valence-electron chi connectivity index (χ0n) is 28.1. The second kappa shape index (κ2) is 23.5. The minimum atomic E-state index is 0.539. The lowest BCUT2D eigenvalue weighted by atomic mass is 10.0. The Morgan fingerprint density at radius 2 is 0.698 bits per heavy atom. The standard InChI is InChI=1S/C38H70O4S/c1(5-9-17-33-19-13-29-39-33)3-7-11-23-37(27-25-35-21-15-31-41-35)43-38(28-26-36-22-16-32-42-36)24-12-8-4-2-6-10-18-34-20-14-30-40-34/h33-38H,1-32H2. The fourth-order valence-electron chi connectivity index (χ4n) is 7.97. The van der Waals surface area contributed by atoms with Crippen LogP contribution in [0.4, 0.5) is 0 Å². The van der Waals surface area contributed by atoms with Gasteiger partial charge in [-0.05, 0) is 103 Å². The molecule has 4 aliphatic rings. The molecule has 0 radical (unpaired) electrons. The molecule has 4 heterocycles. The van der Waals surface area contributed by atoms with Gasteiger partial charge in [-0.25, -0.2) is 0 Å². The van der Waals surface area contributed by atoms with E-state index >= 15 is 0 Å². The van der Waals surface area contributed by atoms with Gasteiger partial charge >= 0.3 is 0 Å². The van der Waals surface area contributed by atoms with Crippen LogP contribution in [0.3, 0.4) is 0 Å². The molecule has 43 heavy (non-hydrogen) atoms. The maximum atomic E-state index is 6.05. The summed E-state index contributed by atoms with van der Waals surface area (Å²) in [4.78, 5) is 0. The highest BCUT2D eigenvalue weighted by molar-refractivity contribution is 8.00. The van der Waals surface area contributed by atoms with Gasteiger partial charge in [0, 0.05) is 36.9 Å². The Balaban J connectivity index is 1.12. The number of ether oxygens (including phenoxy) is 4. The topological polar surface area (TPSA) is 36.9 Å². The quantitative estimate of drug-likeness (QED) is 0.0897. The summed E-state index contributed by atoms with van der Waals surface area (Å²) in [7, 11) is 0. The van der Waals surface area contributed by atoms with E-state index in [4.69, 9.17) is 18.9 Å². The highest BCUT2D eigenvalue weighted by atomic mass is 32.2. The summed E-state index contributed by atoms with van der Waals surface area (Å²) < 4.78 is 23.7. The van der Waals surface area contributed by atoms with E-state index in [1.54, 1.807) is 0 Å². The first-order valence-electron chi connectivity index (χ1n) is 19.5. The fraction of sp³-hybridized carbons (Fsp3) is 1.00. The first-order chi connectivity index (χ1) is 21.3. The third kappa shape index (κ3) is 16.5. The van der Waals surface area contributed by atoms with Crippen molar-refractivity contribution < 1.29 is 18.9 Å². The fourth-order valence-corrected chi connectivity index (χ4v) is 9.66. The molecule has 0 aromatic carbocycles. The van der Waals surface area contributed by atoms with Gasteiger partial charge in [0.05, 0.1) is 24.4 Å². The van der Waals surface area contributed by atoms with Crippen molar-refractivity contribution in [2.75, 3.05) is 26.4 Å². The van der Waals surface area contributed by atoms with E-state index in [0.717, 1.165) is 36.9 Å². The molecule has 4 rings (SSSR count). The van der Waals surface area contributed by atoms with E-state index in [1.165, 1.54) is 180 Å². The van der Waals surface area contributed by atoms with Gasteiger partial charge in [-0.3, -0.25) is 0 Å². The van der Waals surface area contributed by atoms with E-state index in [9.17, 15) is 0 Å². The van der Waals surface area contributed by atoms with E-state index in [0.29, 0.717) is 24.4 Å². The van der Waals surface area contributed by atoms with Crippen molar-refractivity contribution >= 4 is 11.8 Å². The lowest BCUT2D eigenvalue weighted by molar-refractivity contribution is 0.102. The first kappa shape index (κ1) is 36.0. The number of unbranched alkanes of at least 4 members (excludes halogenated alkanes) is 10. The molecule has 6 atom stereocenters. The molecular weight excluding hydrogens is 552 g/mol. The van der Waals surface area contributed by atoms with Crippen molar-refractivity contribution in [1.82, 2.24) is 0 Å². The summed E-state index contributed by atoms with van der Waals surface area (Å²) in [6.07, 6.45) is 40.1. The minimum Gasteiger partial charge on any atom is -0.378 e. The van der Waals surface area contributed by atoms with Crippen molar-refractivity contribution in [2.45, 2.75) is 215 Å². The molecule has 0 amide bonds. The summed E-state index contributed by atoms with van der Waals surface area (Å²) in [5.74, 6) is 0. The zero-order chi connectivity index (χ0) is 29.6. The second-order valence-electron chi connectivity index (χ2n) is 14.5. The van der Waals surface area contributed by atoms with Crippen molar-refractivity contribution in [3.8, 4) is 0 Å². The van der Waals surface area contributed by atoms with Crippen LogP contribution in [0.25, 0.3) is 0 Å². The van der Waals surface area contributed by atoms with E-state index in [2.05, 4.69) is 11.8 Å². The summed E-state index contributed by atoms with van der Waals surface area (Å²) in [5.41, 5.74) is 0. The molecule has 0 aromatic heterocycles. The van der Waals surface area contributed by atoms with E-state index in [1.807, 2.05) is 0 Å². The summed E-state index contributed by atoms with van der Waals surface area (Å²) in [6.45, 7) is 3.99. The van der Waals surface area contributed by atoms with Crippen LogP contribution in [0.15, 0.2) is 0 Å². The Labute approximate surface area is 271 Å². The van der Waals surface area contributed by atoms with Crippen LogP contribution < -0.4 is 0 Å². The maximum absolute atomic E-state index is 6.05. The molecule has 0 bridgehead atoms. The normalized spacial score (nSPS) is 27.3. The van der Waals surface area contributed by atoms with Gasteiger partial charge in [0.15, 0.2) is 0 Å². The number of thioether (sulfide) groups is 1. The largest absolute Gasteiger partial charge is 0.378 e. The van der Waals surface area contributed by atoms with E-state index < -0.39 is 0 Å². The van der Waals surface area contributed by atoms with Gasteiger partial charge in [-0.1, -0.05) is 77.0 Å². The van der Waals surface area contributed by atoms with Gasteiger partial charge in [0.25, 0.3) is 0 Å². The monoisotopic (exact) mass is 622 g/mol. The molecule has 4 fully saturated rings. The van der Waals surface area contributed by atoms with Crippen LogP contribution in [0.2, 0.25) is 0 Å². The van der Waals surface area contributed by atoms with Crippen LogP contribution in [-0.2, 0) is 18.9 Å². The smallest absolute Gasteiger partial charge is 0.0576 e. The number of hydrogen-bond acceptors (Lipinski definition) is 5. The van der Waals surface area contributed by atoms with Crippen molar-refractivity contribution in [2.24, 2.45) is 0 Å². The average Bonchev–Trinajstić information content (AvgIpc) is 3.86. The minimum absolute atomic E-state index is 0.539. The lowest BCUT2D eigenvalue weighted by Gasteiger charge is -2.25. The molecule has 5 heteroatoms. The van der Waals surface area contributed by atoms with Gasteiger partial charge in [-0.2, -0.15) is 11.8 Å². The van der Waals surface area contributed by atoms with Crippen molar-refractivity contribution in [3.63, 3.8) is 0 Å². The third-order valence-corrected chi connectivity index (χ3v) is 12.4. The maximum Gasteiger partial charge on any atom is 0.0576 e. The van der Waals surface area contributed by atoms with Crippen molar-refractivity contribution in [3.05, 3.63) is 0 Å². The highest BCUT2D eigenvalue weighted by Crippen LogP contribution is 2.35. The Morgan fingerprint density at radius 3 is 1.05 bits per heavy atom. The van der Waals surface area contributed by atoms with Crippen molar-refractivity contribution in [1.29, 1.82) is 0 Å². The van der Waals surface area contributed by atoms with Gasteiger partial charge in [0.1, 0.15) is 0 Å². The van der Waals surface area contributed by atoms with Crippen LogP contribution in [0.5, 0.6) is 0 Å². The number of hydrogen-bond donors (Lipinski definition) is 0. The SMILES string of the molecule is C(CCCCC(CCC1CCCO1)SC(CCCCCCCCC1CCCO1)CCC1CCCO1)CCCC1CCCO1. The van der Waals surface area contributed by atoms with Crippen LogP contribution >= 0.6 is 11.8 Å². The Hall–Kier alpha value is 0.190. The summed E-state index contributed by atoms with van der Waals surface area (Å²) >= 11 is 2.39.